The Balaban J connectivity index is 2.43. The van der Waals surface area contributed by atoms with Crippen LogP contribution in [0.25, 0.3) is 0 Å². The van der Waals surface area contributed by atoms with Crippen LogP contribution in [0.2, 0.25) is 0 Å². The fourth-order valence-corrected chi connectivity index (χ4v) is 2.23. The summed E-state index contributed by atoms with van der Waals surface area (Å²) >= 11 is 0. The third-order valence-corrected chi connectivity index (χ3v) is 3.60. The van der Waals surface area contributed by atoms with Gasteiger partial charge in [0.25, 0.3) is 0 Å². The van der Waals surface area contributed by atoms with Crippen molar-refractivity contribution in [2.24, 2.45) is 0 Å². The monoisotopic (exact) mass is 273 g/mol. The van der Waals surface area contributed by atoms with E-state index in [0.29, 0.717) is 6.54 Å². The summed E-state index contributed by atoms with van der Waals surface area (Å²) in [6.07, 6.45) is 0. The molecule has 1 aromatic rings. The van der Waals surface area contributed by atoms with Crippen LogP contribution in [0.3, 0.4) is 0 Å². The molecule has 0 heterocycles. The minimum atomic E-state index is -3.72. The van der Waals surface area contributed by atoms with Crippen molar-refractivity contribution in [1.29, 1.82) is 0 Å². The number of Topliss-reactive ketones (excluding diaryl/α,β-unsaturated/α-hetero) is 1. The topological polar surface area (TPSA) is 67.8 Å². The van der Waals surface area contributed by atoms with E-state index in [1.165, 1.54) is 20.3 Å². The molecule has 0 aliphatic heterocycles. The van der Waals surface area contributed by atoms with Gasteiger partial charge in [-0.05, 0) is 0 Å². The molecule has 2 N–H and O–H groups in total. The summed E-state index contributed by atoms with van der Waals surface area (Å²) in [6.45, 7) is 4.61. The predicted octanol–water partition coefficient (Wildman–Crippen LogP) is 1.86. The van der Waals surface area contributed by atoms with Gasteiger partial charge >= 0.3 is 107 Å². The Morgan fingerprint density at radius 2 is 1.94 bits per heavy atom. The molecule has 0 amide bonds. The number of rotatable bonds is 7. The summed E-state index contributed by atoms with van der Waals surface area (Å²) in [5.41, 5.74) is 3.70. The Morgan fingerprint density at radius 1 is 1.33 bits per heavy atom. The molecule has 18 heavy (non-hydrogen) atoms. The molecular weight excluding hydrogens is 253 g/mol. The third-order valence-electron chi connectivity index (χ3n) is 2.08. The molecule has 0 atom stereocenters. The summed E-state index contributed by atoms with van der Waals surface area (Å²) in [5, 5.41) is 0. The second-order valence-corrected chi connectivity index (χ2v) is 8.76. The molecule has 1 aromatic carbocycles. The van der Waals surface area contributed by atoms with Crippen LogP contribution >= 0.6 is 7.28 Å². The molecule has 0 saturated heterocycles. The van der Waals surface area contributed by atoms with Gasteiger partial charge in [0.1, 0.15) is 0 Å². The van der Waals surface area contributed by atoms with Gasteiger partial charge in [-0.3, -0.25) is 0 Å². The average molecular weight is 273 g/mol. The molecule has 0 radical (unpaired) electrons. The number of hydroxylamine groups is 1. The molecular formula is C12H20NO4P. The van der Waals surface area contributed by atoms with Crippen LogP contribution in [0.1, 0.15) is 12.5 Å². The predicted molar refractivity (Wildman–Crippen MR) is 72.0 cm³/mol. The molecule has 102 valence electrons. The van der Waals surface area contributed by atoms with Crippen molar-refractivity contribution in [1.82, 2.24) is 5.48 Å². The summed E-state index contributed by atoms with van der Waals surface area (Å²) in [5.74, 6) is -0.159. The molecule has 0 saturated carbocycles. The van der Waals surface area contributed by atoms with Gasteiger partial charge in [0.2, 0.25) is 0 Å². The summed E-state index contributed by atoms with van der Waals surface area (Å²) < 4.78 is 10.4. The molecule has 0 bridgehead atoms. The Labute approximate surface area is 107 Å². The van der Waals surface area contributed by atoms with E-state index in [1.54, 1.807) is 0 Å². The molecule has 0 aliphatic carbocycles. The van der Waals surface area contributed by atoms with Crippen LogP contribution < -0.4 is 5.48 Å². The van der Waals surface area contributed by atoms with E-state index in [4.69, 9.17) is 9.15 Å². The van der Waals surface area contributed by atoms with Gasteiger partial charge in [-0.1, -0.05) is 0 Å². The molecule has 0 spiro atoms. The minimum absolute atomic E-state index is 0.158. The van der Waals surface area contributed by atoms with Crippen molar-refractivity contribution < 1.29 is 18.8 Å². The van der Waals surface area contributed by atoms with Crippen molar-refractivity contribution in [3.63, 3.8) is 0 Å². The first-order valence-electron chi connectivity index (χ1n) is 5.63. The Hall–Kier alpha value is -0.840. The van der Waals surface area contributed by atoms with E-state index in [1.807, 2.05) is 30.3 Å². The van der Waals surface area contributed by atoms with Gasteiger partial charge in [-0.2, -0.15) is 0 Å². The Morgan fingerprint density at radius 3 is 2.50 bits per heavy atom. The van der Waals surface area contributed by atoms with E-state index < -0.39 is 7.28 Å². The molecule has 0 unspecified atom stereocenters. The Kier molecular flexibility index (Phi) is 4.96. The van der Waals surface area contributed by atoms with Crippen molar-refractivity contribution in [2.75, 3.05) is 19.9 Å². The zero-order valence-electron chi connectivity index (χ0n) is 10.9. The molecule has 1 rings (SSSR count). The van der Waals surface area contributed by atoms with Crippen LogP contribution in [0.5, 0.6) is 0 Å². The first-order chi connectivity index (χ1) is 8.26. The molecule has 0 aliphatic rings. The van der Waals surface area contributed by atoms with Crippen molar-refractivity contribution in [3.8, 4) is 0 Å². The molecule has 6 heteroatoms. The van der Waals surface area contributed by atoms with Gasteiger partial charge < -0.3 is 0 Å². The normalized spacial score (nSPS) is 13.9. The van der Waals surface area contributed by atoms with E-state index in [0.717, 1.165) is 5.56 Å². The quantitative estimate of drug-likeness (QED) is 0.586. The van der Waals surface area contributed by atoms with Crippen LogP contribution in [-0.4, -0.2) is 30.6 Å². The number of nitrogens with one attached hydrogen (secondary N) is 1. The molecule has 5 nitrogen and oxygen atoms in total. The maximum absolute atomic E-state index is 10.8. The van der Waals surface area contributed by atoms with E-state index >= 15 is 0 Å². The molecule has 0 fully saturated rings. The van der Waals surface area contributed by atoms with E-state index in [2.05, 4.69) is 5.48 Å². The number of ketones is 1. The van der Waals surface area contributed by atoms with Gasteiger partial charge in [-0.15, -0.1) is 0 Å². The summed E-state index contributed by atoms with van der Waals surface area (Å²) in [7, 11) is -3.72. The molecule has 0 aromatic heterocycles. The van der Waals surface area contributed by atoms with Crippen LogP contribution in [-0.2, 0) is 20.5 Å². The van der Waals surface area contributed by atoms with Gasteiger partial charge in [-0.25, -0.2) is 0 Å². The average Bonchev–Trinajstić information content (AvgIpc) is 2.27. The first kappa shape index (κ1) is 15.2. The van der Waals surface area contributed by atoms with Crippen LogP contribution in [0.15, 0.2) is 30.3 Å². The number of benzene rings is 1. The zero-order chi connectivity index (χ0) is 13.7. The fraction of sp³-hybridized carbons (Fsp3) is 0.417. The number of carbonyl (C=O) groups is 1. The van der Waals surface area contributed by atoms with Gasteiger partial charge in [0.05, 0.1) is 0 Å². The fourth-order valence-electron chi connectivity index (χ4n) is 1.20. The first-order valence-corrected chi connectivity index (χ1v) is 8.55. The van der Waals surface area contributed by atoms with Gasteiger partial charge in [0.15, 0.2) is 0 Å². The van der Waals surface area contributed by atoms with E-state index in [-0.39, 0.29) is 12.4 Å². The zero-order valence-corrected chi connectivity index (χ0v) is 11.8. The third kappa shape index (κ3) is 6.19. The maximum atomic E-state index is 10.8. The second-order valence-electron chi connectivity index (χ2n) is 4.69. The number of hydrogen-bond acceptors (Lipinski definition) is 5. The number of hydrogen-bond donors (Lipinski definition) is 2. The van der Waals surface area contributed by atoms with Gasteiger partial charge in [0, 0.05) is 0 Å². The number of carbonyl (C=O) groups excluding carboxylic acids is 1. The SMILES string of the molecule is CC(=O)COP(C)(C)(O)ONCc1ccccc1. The standard InChI is InChI=1S/C12H20NO4P/c1-11(14)10-16-18(2,3,15)17-13-9-12-7-5-4-6-8-12/h4-8,13,15H,9-10H2,1-3H3. The summed E-state index contributed by atoms with van der Waals surface area (Å²) in [4.78, 5) is 21.0. The van der Waals surface area contributed by atoms with E-state index in [9.17, 15) is 9.69 Å². The second kappa shape index (κ2) is 5.87. The van der Waals surface area contributed by atoms with Crippen LogP contribution in [0, 0.1) is 0 Å². The Bertz CT molecular complexity index is 400. The van der Waals surface area contributed by atoms with Crippen molar-refractivity contribution in [2.45, 2.75) is 13.5 Å². The van der Waals surface area contributed by atoms with Crippen molar-refractivity contribution >= 4 is 13.1 Å². The van der Waals surface area contributed by atoms with Crippen LogP contribution in [0.4, 0.5) is 0 Å². The van der Waals surface area contributed by atoms with Crippen molar-refractivity contribution in [3.05, 3.63) is 35.9 Å². The summed E-state index contributed by atoms with van der Waals surface area (Å²) in [6, 6.07) is 9.63.